The molecule has 100 valence electrons. The van der Waals surface area contributed by atoms with Crippen LogP contribution in [0, 0.1) is 5.92 Å². The van der Waals surface area contributed by atoms with Gasteiger partial charge in [0.1, 0.15) is 0 Å². The van der Waals surface area contributed by atoms with Crippen LogP contribution in [0.25, 0.3) is 0 Å². The van der Waals surface area contributed by atoms with E-state index in [4.69, 9.17) is 5.73 Å². The predicted molar refractivity (Wildman–Crippen MR) is 74.1 cm³/mol. The van der Waals surface area contributed by atoms with Gasteiger partial charge in [-0.15, -0.1) is 0 Å². The Balaban J connectivity index is 1.85. The highest BCUT2D eigenvalue weighted by Crippen LogP contribution is 2.37. The minimum atomic E-state index is 0.676. The maximum atomic E-state index is 6.01. The predicted octanol–water partition coefficient (Wildman–Crippen LogP) is 3.16. The van der Waals surface area contributed by atoms with Crippen LogP contribution >= 0.6 is 0 Å². The van der Waals surface area contributed by atoms with E-state index in [0.717, 1.165) is 18.5 Å². The molecule has 2 fully saturated rings. The van der Waals surface area contributed by atoms with Crippen molar-refractivity contribution >= 4 is 0 Å². The Labute approximate surface area is 107 Å². The Morgan fingerprint density at radius 2 is 2.00 bits per heavy atom. The lowest BCUT2D eigenvalue weighted by molar-refractivity contribution is 0.128. The molecule has 1 aliphatic heterocycles. The number of likely N-dealkylation sites (tertiary alicyclic amines) is 1. The molecule has 0 aromatic heterocycles. The first-order valence-electron chi connectivity index (χ1n) is 7.82. The van der Waals surface area contributed by atoms with E-state index in [2.05, 4.69) is 11.8 Å². The van der Waals surface area contributed by atoms with Crippen LogP contribution in [0.15, 0.2) is 0 Å². The lowest BCUT2D eigenvalue weighted by Crippen LogP contribution is -2.45. The molecule has 0 bridgehead atoms. The molecule has 2 heteroatoms. The molecule has 3 atom stereocenters. The van der Waals surface area contributed by atoms with Crippen LogP contribution in [-0.4, -0.2) is 30.1 Å². The number of hydrogen-bond donors (Lipinski definition) is 1. The molecule has 0 radical (unpaired) electrons. The molecule has 2 aliphatic rings. The zero-order valence-electron chi connectivity index (χ0n) is 11.5. The normalized spacial score (nSPS) is 31.4. The summed E-state index contributed by atoms with van der Waals surface area (Å²) in [5, 5.41) is 0. The van der Waals surface area contributed by atoms with E-state index in [9.17, 15) is 0 Å². The van der Waals surface area contributed by atoms with Gasteiger partial charge in [0, 0.05) is 18.6 Å². The maximum Gasteiger partial charge on any atom is 0.0221 e. The number of rotatable bonds is 6. The molecule has 2 rings (SSSR count). The fourth-order valence-corrected chi connectivity index (χ4v) is 3.94. The van der Waals surface area contributed by atoms with Gasteiger partial charge >= 0.3 is 0 Å². The van der Waals surface area contributed by atoms with Gasteiger partial charge in [-0.25, -0.2) is 0 Å². The van der Waals surface area contributed by atoms with Gasteiger partial charge in [0.25, 0.3) is 0 Å². The third kappa shape index (κ3) is 3.23. The number of hydrogen-bond acceptors (Lipinski definition) is 2. The summed E-state index contributed by atoms with van der Waals surface area (Å²) in [5.74, 6) is 1.00. The largest absolute Gasteiger partial charge is 0.329 e. The summed E-state index contributed by atoms with van der Waals surface area (Å²) in [6, 6.07) is 1.56. The molecule has 1 aliphatic carbocycles. The van der Waals surface area contributed by atoms with Gasteiger partial charge < -0.3 is 5.73 Å². The average molecular weight is 238 g/mol. The van der Waals surface area contributed by atoms with Crippen molar-refractivity contribution in [3.8, 4) is 0 Å². The van der Waals surface area contributed by atoms with Gasteiger partial charge in [0.15, 0.2) is 0 Å². The van der Waals surface area contributed by atoms with Gasteiger partial charge in [-0.3, -0.25) is 4.90 Å². The third-order valence-electron chi connectivity index (χ3n) is 4.94. The fraction of sp³-hybridized carbons (Fsp3) is 1.00. The van der Waals surface area contributed by atoms with Crippen LogP contribution in [0.5, 0.6) is 0 Å². The summed E-state index contributed by atoms with van der Waals surface area (Å²) in [5.41, 5.74) is 6.01. The van der Waals surface area contributed by atoms with E-state index in [-0.39, 0.29) is 0 Å². The Morgan fingerprint density at radius 3 is 2.76 bits per heavy atom. The highest BCUT2D eigenvalue weighted by molar-refractivity contribution is 4.93. The highest BCUT2D eigenvalue weighted by Gasteiger charge is 2.38. The molecule has 0 spiro atoms. The smallest absolute Gasteiger partial charge is 0.0221 e. The highest BCUT2D eigenvalue weighted by atomic mass is 15.2. The molecular formula is C15H30N2. The molecule has 0 aromatic carbocycles. The number of fused-ring (bicyclic) bond motifs is 1. The Bertz CT molecular complexity index is 217. The third-order valence-corrected chi connectivity index (χ3v) is 4.94. The molecule has 3 unspecified atom stereocenters. The molecule has 2 nitrogen and oxygen atoms in total. The van der Waals surface area contributed by atoms with E-state index in [1.807, 2.05) is 0 Å². The van der Waals surface area contributed by atoms with Crippen LogP contribution in [0.1, 0.15) is 64.7 Å². The monoisotopic (exact) mass is 238 g/mol. The molecule has 17 heavy (non-hydrogen) atoms. The van der Waals surface area contributed by atoms with Gasteiger partial charge in [-0.05, 0) is 38.1 Å². The zero-order valence-corrected chi connectivity index (χ0v) is 11.5. The lowest BCUT2D eigenvalue weighted by Gasteiger charge is -2.36. The fourth-order valence-electron chi connectivity index (χ4n) is 3.94. The van der Waals surface area contributed by atoms with Crippen molar-refractivity contribution in [2.24, 2.45) is 11.7 Å². The molecule has 2 N–H and O–H groups in total. The standard InChI is InChI=1S/C15H30N2/c1-2-3-4-8-14(12-16)17-11-10-13-7-5-6-9-15(13)17/h13-15H,2-12,16H2,1H3. The van der Waals surface area contributed by atoms with Crippen LogP contribution < -0.4 is 5.73 Å². The van der Waals surface area contributed by atoms with Crippen LogP contribution in [0.3, 0.4) is 0 Å². The lowest BCUT2D eigenvalue weighted by atomic mass is 9.85. The second-order valence-corrected chi connectivity index (χ2v) is 6.02. The first-order valence-corrected chi connectivity index (χ1v) is 7.82. The van der Waals surface area contributed by atoms with E-state index in [0.29, 0.717) is 6.04 Å². The average Bonchev–Trinajstić information content (AvgIpc) is 2.79. The van der Waals surface area contributed by atoms with Crippen molar-refractivity contribution in [1.29, 1.82) is 0 Å². The Morgan fingerprint density at radius 1 is 1.18 bits per heavy atom. The summed E-state index contributed by atoms with van der Waals surface area (Å²) >= 11 is 0. The summed E-state index contributed by atoms with van der Waals surface area (Å²) in [4.78, 5) is 2.78. The van der Waals surface area contributed by atoms with Crippen LogP contribution in [-0.2, 0) is 0 Å². The van der Waals surface area contributed by atoms with E-state index < -0.39 is 0 Å². The molecule has 1 saturated carbocycles. The van der Waals surface area contributed by atoms with Crippen LogP contribution in [0.2, 0.25) is 0 Å². The first-order chi connectivity index (χ1) is 8.36. The zero-order chi connectivity index (χ0) is 12.1. The number of unbranched alkanes of at least 4 members (excludes halogenated alkanes) is 2. The number of nitrogens with two attached hydrogens (primary N) is 1. The summed E-state index contributed by atoms with van der Waals surface area (Å²) in [6.07, 6.45) is 12.7. The Hall–Kier alpha value is -0.0800. The van der Waals surface area contributed by atoms with Crippen molar-refractivity contribution in [2.45, 2.75) is 76.8 Å². The number of nitrogens with zero attached hydrogens (tertiary/aromatic N) is 1. The molecule has 0 aromatic rings. The van der Waals surface area contributed by atoms with Gasteiger partial charge in [0.2, 0.25) is 0 Å². The van der Waals surface area contributed by atoms with Crippen LogP contribution in [0.4, 0.5) is 0 Å². The summed E-state index contributed by atoms with van der Waals surface area (Å²) < 4.78 is 0. The summed E-state index contributed by atoms with van der Waals surface area (Å²) in [6.45, 7) is 4.47. The quantitative estimate of drug-likeness (QED) is 0.720. The van der Waals surface area contributed by atoms with E-state index in [1.54, 1.807) is 0 Å². The molecular weight excluding hydrogens is 208 g/mol. The first kappa shape index (κ1) is 13.4. The van der Waals surface area contributed by atoms with Crippen molar-refractivity contribution in [3.63, 3.8) is 0 Å². The van der Waals surface area contributed by atoms with Crippen molar-refractivity contribution in [2.75, 3.05) is 13.1 Å². The molecule has 1 saturated heterocycles. The van der Waals surface area contributed by atoms with E-state index >= 15 is 0 Å². The second kappa shape index (κ2) is 6.75. The second-order valence-electron chi connectivity index (χ2n) is 6.02. The minimum Gasteiger partial charge on any atom is -0.329 e. The Kier molecular flexibility index (Phi) is 5.30. The van der Waals surface area contributed by atoms with E-state index in [1.165, 1.54) is 64.3 Å². The minimum absolute atomic E-state index is 0.676. The van der Waals surface area contributed by atoms with Gasteiger partial charge in [-0.2, -0.15) is 0 Å². The van der Waals surface area contributed by atoms with Gasteiger partial charge in [-0.1, -0.05) is 39.0 Å². The SMILES string of the molecule is CCCCCC(CN)N1CCC2CCCCC21. The summed E-state index contributed by atoms with van der Waals surface area (Å²) in [7, 11) is 0. The van der Waals surface area contributed by atoms with Crippen molar-refractivity contribution in [3.05, 3.63) is 0 Å². The van der Waals surface area contributed by atoms with Gasteiger partial charge in [0.05, 0.1) is 0 Å². The topological polar surface area (TPSA) is 29.3 Å². The molecule has 0 amide bonds. The van der Waals surface area contributed by atoms with Crippen molar-refractivity contribution in [1.82, 2.24) is 4.90 Å². The van der Waals surface area contributed by atoms with Crippen molar-refractivity contribution < 1.29 is 0 Å². The maximum absolute atomic E-state index is 6.01. The molecule has 1 heterocycles.